The maximum Gasteiger partial charge on any atom is 0.414 e. The SMILES string of the molecule is CNCCCCOc1ccc(C(C)(C)C)cc1Cl.O=C(O)C(=O)O. The molecule has 0 unspecified atom stereocenters. The first-order valence-electron chi connectivity index (χ1n) is 7.63. The summed E-state index contributed by atoms with van der Waals surface area (Å²) in [5, 5.41) is 18.6. The van der Waals surface area contributed by atoms with Gasteiger partial charge in [0.15, 0.2) is 0 Å². The van der Waals surface area contributed by atoms with E-state index in [9.17, 15) is 0 Å². The Bertz CT molecular complexity index is 528. The number of benzene rings is 1. The maximum absolute atomic E-state index is 9.10. The van der Waals surface area contributed by atoms with Gasteiger partial charge in [0.25, 0.3) is 0 Å². The minimum atomic E-state index is -1.82. The number of rotatable bonds is 6. The van der Waals surface area contributed by atoms with Crippen LogP contribution in [-0.2, 0) is 15.0 Å². The normalized spacial score (nSPS) is 10.5. The van der Waals surface area contributed by atoms with E-state index in [0.29, 0.717) is 5.02 Å². The third-order valence-corrected chi connectivity index (χ3v) is 3.35. The number of ether oxygens (including phenoxy) is 1. The fourth-order valence-electron chi connectivity index (χ4n) is 1.67. The van der Waals surface area contributed by atoms with Gasteiger partial charge in [0.2, 0.25) is 0 Å². The summed E-state index contributed by atoms with van der Waals surface area (Å²) in [6, 6.07) is 6.07. The largest absolute Gasteiger partial charge is 0.492 e. The van der Waals surface area contributed by atoms with Crippen LogP contribution in [0, 0.1) is 0 Å². The molecule has 0 atom stereocenters. The van der Waals surface area contributed by atoms with Crippen molar-refractivity contribution in [3.05, 3.63) is 28.8 Å². The molecule has 1 aromatic rings. The number of halogens is 1. The summed E-state index contributed by atoms with van der Waals surface area (Å²) in [6.07, 6.45) is 2.16. The molecule has 0 radical (unpaired) electrons. The summed E-state index contributed by atoms with van der Waals surface area (Å²) >= 11 is 6.24. The summed E-state index contributed by atoms with van der Waals surface area (Å²) in [4.78, 5) is 18.2. The highest BCUT2D eigenvalue weighted by Crippen LogP contribution is 2.31. The average molecular weight is 360 g/mol. The van der Waals surface area contributed by atoms with E-state index in [0.717, 1.165) is 31.7 Å². The van der Waals surface area contributed by atoms with Gasteiger partial charge in [-0.15, -0.1) is 0 Å². The molecule has 1 rings (SSSR count). The Morgan fingerprint density at radius 3 is 2.17 bits per heavy atom. The number of nitrogens with one attached hydrogen (secondary N) is 1. The number of unbranched alkanes of at least 4 members (excludes halogenated alkanes) is 1. The standard InChI is InChI=1S/C15H24ClNO.C2H2O4/c1-15(2,3)12-7-8-14(13(16)11-12)18-10-6-5-9-17-4;3-1(4)2(5)6/h7-8,11,17H,5-6,9-10H2,1-4H3;(H,3,4)(H,5,6). The summed E-state index contributed by atoms with van der Waals surface area (Å²) in [5.41, 5.74) is 1.35. The first kappa shape index (κ1) is 22.2. The monoisotopic (exact) mass is 359 g/mol. The van der Waals surface area contributed by atoms with Crippen LogP contribution in [0.2, 0.25) is 5.02 Å². The number of carbonyl (C=O) groups is 2. The van der Waals surface area contributed by atoms with E-state index < -0.39 is 11.9 Å². The molecule has 0 aliphatic rings. The third-order valence-electron chi connectivity index (χ3n) is 3.06. The molecular formula is C17H26ClNO5. The van der Waals surface area contributed by atoms with Crippen molar-refractivity contribution in [2.24, 2.45) is 0 Å². The smallest absolute Gasteiger partial charge is 0.414 e. The molecular weight excluding hydrogens is 334 g/mol. The van der Waals surface area contributed by atoms with Gasteiger partial charge in [-0.1, -0.05) is 38.4 Å². The van der Waals surface area contributed by atoms with Crippen LogP contribution in [0.15, 0.2) is 18.2 Å². The van der Waals surface area contributed by atoms with Gasteiger partial charge in [-0.05, 0) is 49.5 Å². The first-order chi connectivity index (χ1) is 11.1. The molecule has 0 aliphatic carbocycles. The van der Waals surface area contributed by atoms with E-state index in [1.807, 2.05) is 19.2 Å². The second-order valence-electron chi connectivity index (χ2n) is 6.16. The topological polar surface area (TPSA) is 95.9 Å². The summed E-state index contributed by atoms with van der Waals surface area (Å²) < 4.78 is 5.69. The molecule has 0 saturated heterocycles. The van der Waals surface area contributed by atoms with E-state index in [1.54, 1.807) is 0 Å². The lowest BCUT2D eigenvalue weighted by atomic mass is 9.87. The molecule has 24 heavy (non-hydrogen) atoms. The van der Waals surface area contributed by atoms with E-state index in [2.05, 4.69) is 32.2 Å². The van der Waals surface area contributed by atoms with Crippen molar-refractivity contribution in [2.45, 2.75) is 39.0 Å². The highest BCUT2D eigenvalue weighted by Gasteiger charge is 2.15. The second-order valence-corrected chi connectivity index (χ2v) is 6.57. The predicted molar refractivity (Wildman–Crippen MR) is 94.1 cm³/mol. The Morgan fingerprint density at radius 2 is 1.75 bits per heavy atom. The molecule has 0 saturated carbocycles. The Hall–Kier alpha value is -1.79. The molecule has 0 aliphatic heterocycles. The third kappa shape index (κ3) is 9.37. The van der Waals surface area contributed by atoms with Crippen LogP contribution in [-0.4, -0.2) is 42.4 Å². The van der Waals surface area contributed by atoms with Crippen molar-refractivity contribution in [1.82, 2.24) is 5.32 Å². The Morgan fingerprint density at radius 1 is 1.17 bits per heavy atom. The van der Waals surface area contributed by atoms with Crippen molar-refractivity contribution in [1.29, 1.82) is 0 Å². The Balaban J connectivity index is 0.000000754. The summed E-state index contributed by atoms with van der Waals surface area (Å²) in [7, 11) is 1.96. The second kappa shape index (κ2) is 10.9. The molecule has 7 heteroatoms. The fourth-order valence-corrected chi connectivity index (χ4v) is 1.91. The molecule has 0 spiro atoms. The zero-order valence-corrected chi connectivity index (χ0v) is 15.3. The van der Waals surface area contributed by atoms with Crippen molar-refractivity contribution < 1.29 is 24.5 Å². The number of hydrogen-bond donors (Lipinski definition) is 3. The average Bonchev–Trinajstić information content (AvgIpc) is 2.48. The van der Waals surface area contributed by atoms with Crippen LogP contribution < -0.4 is 10.1 Å². The number of carboxylic acids is 2. The highest BCUT2D eigenvalue weighted by atomic mass is 35.5. The zero-order valence-electron chi connectivity index (χ0n) is 14.6. The maximum atomic E-state index is 9.10. The van der Waals surface area contributed by atoms with E-state index in [1.165, 1.54) is 5.56 Å². The van der Waals surface area contributed by atoms with Crippen molar-refractivity contribution in [3.8, 4) is 5.75 Å². The lowest BCUT2D eigenvalue weighted by Crippen LogP contribution is -2.11. The Labute approximate surface area is 147 Å². The van der Waals surface area contributed by atoms with E-state index in [-0.39, 0.29) is 5.41 Å². The van der Waals surface area contributed by atoms with Gasteiger partial charge < -0.3 is 20.3 Å². The van der Waals surface area contributed by atoms with Gasteiger partial charge in [0.05, 0.1) is 11.6 Å². The van der Waals surface area contributed by atoms with Crippen LogP contribution in [0.1, 0.15) is 39.2 Å². The van der Waals surface area contributed by atoms with Crippen LogP contribution >= 0.6 is 11.6 Å². The molecule has 136 valence electrons. The minimum Gasteiger partial charge on any atom is -0.492 e. The molecule has 0 fully saturated rings. The molecule has 1 aromatic carbocycles. The molecule has 0 amide bonds. The lowest BCUT2D eigenvalue weighted by molar-refractivity contribution is -0.159. The lowest BCUT2D eigenvalue weighted by Gasteiger charge is -2.20. The van der Waals surface area contributed by atoms with Crippen LogP contribution in [0.5, 0.6) is 5.75 Å². The predicted octanol–water partition coefficient (Wildman–Crippen LogP) is 3.17. The van der Waals surface area contributed by atoms with Crippen molar-refractivity contribution in [2.75, 3.05) is 20.2 Å². The van der Waals surface area contributed by atoms with Crippen LogP contribution in [0.4, 0.5) is 0 Å². The van der Waals surface area contributed by atoms with Gasteiger partial charge in [-0.25, -0.2) is 9.59 Å². The van der Waals surface area contributed by atoms with E-state index >= 15 is 0 Å². The first-order valence-corrected chi connectivity index (χ1v) is 8.01. The minimum absolute atomic E-state index is 0.120. The van der Waals surface area contributed by atoms with E-state index in [4.69, 9.17) is 36.1 Å². The van der Waals surface area contributed by atoms with Crippen LogP contribution in [0.3, 0.4) is 0 Å². The highest BCUT2D eigenvalue weighted by molar-refractivity contribution is 6.32. The Kier molecular flexibility index (Phi) is 10.1. The van der Waals surface area contributed by atoms with Gasteiger partial charge in [-0.3, -0.25) is 0 Å². The molecule has 0 heterocycles. The molecule has 3 N–H and O–H groups in total. The molecule has 0 aromatic heterocycles. The van der Waals surface area contributed by atoms with Crippen LogP contribution in [0.25, 0.3) is 0 Å². The number of hydrogen-bond acceptors (Lipinski definition) is 4. The fraction of sp³-hybridized carbons (Fsp3) is 0.529. The van der Waals surface area contributed by atoms with Gasteiger partial charge in [-0.2, -0.15) is 0 Å². The molecule has 0 bridgehead atoms. The van der Waals surface area contributed by atoms with Crippen molar-refractivity contribution in [3.63, 3.8) is 0 Å². The molecule has 6 nitrogen and oxygen atoms in total. The van der Waals surface area contributed by atoms with Gasteiger partial charge in [0, 0.05) is 0 Å². The quantitative estimate of drug-likeness (QED) is 0.533. The van der Waals surface area contributed by atoms with Crippen molar-refractivity contribution >= 4 is 23.5 Å². The number of aliphatic carboxylic acids is 2. The number of carboxylic acid groups (broad SMARTS) is 2. The summed E-state index contributed by atoms with van der Waals surface area (Å²) in [5.74, 6) is -2.86. The van der Waals surface area contributed by atoms with Gasteiger partial charge in [0.1, 0.15) is 5.75 Å². The van der Waals surface area contributed by atoms with Gasteiger partial charge >= 0.3 is 11.9 Å². The summed E-state index contributed by atoms with van der Waals surface area (Å²) in [6.45, 7) is 8.28. The zero-order chi connectivity index (χ0) is 18.8.